The van der Waals surface area contributed by atoms with Gasteiger partial charge in [-0.3, -0.25) is 4.79 Å². The minimum atomic E-state index is -0.749. The number of hydrogen-bond donors (Lipinski definition) is 1. The van der Waals surface area contributed by atoms with Gasteiger partial charge in [0.15, 0.2) is 0 Å². The molecule has 1 aliphatic carbocycles. The third-order valence-electron chi connectivity index (χ3n) is 3.63. The molecular formula is C14H17FO2. The molecule has 1 aromatic rings. The zero-order valence-electron chi connectivity index (χ0n) is 9.73. The van der Waals surface area contributed by atoms with Crippen molar-refractivity contribution in [3.8, 4) is 0 Å². The van der Waals surface area contributed by atoms with E-state index >= 15 is 0 Å². The molecule has 1 unspecified atom stereocenters. The number of carbonyl (C=O) groups is 1. The van der Waals surface area contributed by atoms with E-state index in [1.54, 1.807) is 12.1 Å². The molecule has 0 heterocycles. The second-order valence-electron chi connectivity index (χ2n) is 4.82. The highest BCUT2D eigenvalue weighted by atomic mass is 19.1. The third kappa shape index (κ3) is 3.05. The van der Waals surface area contributed by atoms with E-state index in [-0.39, 0.29) is 17.7 Å². The molecule has 0 bridgehead atoms. The Kier molecular flexibility index (Phi) is 3.77. The maximum atomic E-state index is 13.0. The summed E-state index contributed by atoms with van der Waals surface area (Å²) in [5.74, 6) is -1.14. The van der Waals surface area contributed by atoms with Crippen LogP contribution < -0.4 is 0 Å². The molecule has 0 radical (unpaired) electrons. The first-order valence-corrected chi connectivity index (χ1v) is 6.14. The molecule has 1 fully saturated rings. The first-order valence-electron chi connectivity index (χ1n) is 6.14. The van der Waals surface area contributed by atoms with Crippen molar-refractivity contribution in [3.63, 3.8) is 0 Å². The fourth-order valence-corrected chi connectivity index (χ4v) is 2.73. The minimum Gasteiger partial charge on any atom is -0.481 e. The lowest BCUT2D eigenvalue weighted by atomic mass is 9.86. The number of aliphatic carboxylic acids is 1. The van der Waals surface area contributed by atoms with Crippen LogP contribution in [0, 0.1) is 17.7 Å². The van der Waals surface area contributed by atoms with E-state index in [9.17, 15) is 14.3 Å². The first kappa shape index (κ1) is 12.1. The van der Waals surface area contributed by atoms with Crippen molar-refractivity contribution in [2.45, 2.75) is 32.1 Å². The highest BCUT2D eigenvalue weighted by Gasteiger charge is 2.30. The Balaban J connectivity index is 2.09. The molecule has 0 spiro atoms. The molecule has 17 heavy (non-hydrogen) atoms. The Labute approximate surface area is 100 Å². The zero-order valence-corrected chi connectivity index (χ0v) is 9.73. The third-order valence-corrected chi connectivity index (χ3v) is 3.63. The van der Waals surface area contributed by atoms with Gasteiger partial charge in [0.25, 0.3) is 0 Å². The first-order chi connectivity index (χ1) is 8.16. The van der Waals surface area contributed by atoms with E-state index in [1.165, 1.54) is 12.1 Å². The van der Waals surface area contributed by atoms with Gasteiger partial charge in [-0.15, -0.1) is 0 Å². The van der Waals surface area contributed by atoms with Gasteiger partial charge in [-0.05, 0) is 42.9 Å². The van der Waals surface area contributed by atoms with Crippen molar-refractivity contribution in [1.29, 1.82) is 0 Å². The van der Waals surface area contributed by atoms with E-state index < -0.39 is 5.97 Å². The molecule has 0 aliphatic heterocycles. The van der Waals surface area contributed by atoms with Gasteiger partial charge in [-0.25, -0.2) is 4.39 Å². The average molecular weight is 236 g/mol. The monoisotopic (exact) mass is 236 g/mol. The number of halogens is 1. The Bertz CT molecular complexity index is 397. The summed E-state index contributed by atoms with van der Waals surface area (Å²) in [5.41, 5.74) is 0.782. The zero-order chi connectivity index (χ0) is 12.3. The van der Waals surface area contributed by atoms with Gasteiger partial charge in [0.2, 0.25) is 0 Å². The van der Waals surface area contributed by atoms with Gasteiger partial charge in [0.1, 0.15) is 5.82 Å². The second kappa shape index (κ2) is 5.30. The van der Waals surface area contributed by atoms with Gasteiger partial charge < -0.3 is 5.11 Å². The van der Waals surface area contributed by atoms with Crippen molar-refractivity contribution in [2.75, 3.05) is 0 Å². The number of carboxylic acids is 1. The summed E-state index contributed by atoms with van der Waals surface area (Å²) < 4.78 is 13.0. The van der Waals surface area contributed by atoms with Crippen LogP contribution in [0.2, 0.25) is 0 Å². The van der Waals surface area contributed by atoms with E-state index in [0.29, 0.717) is 6.42 Å². The maximum Gasteiger partial charge on any atom is 0.307 e. The molecule has 0 aromatic heterocycles. The standard InChI is InChI=1S/C14H17FO2/c15-12-7-3-4-10(8-12)9-13(14(16)17)11-5-1-2-6-11/h3-4,7-8,11,13H,1-2,5-6,9H2,(H,16,17). The number of rotatable bonds is 4. The molecule has 1 aliphatic rings. The summed E-state index contributed by atoms with van der Waals surface area (Å²) in [5, 5.41) is 9.27. The van der Waals surface area contributed by atoms with E-state index in [0.717, 1.165) is 31.2 Å². The highest BCUT2D eigenvalue weighted by Crippen LogP contribution is 2.33. The number of carboxylic acid groups (broad SMARTS) is 1. The predicted molar refractivity (Wildman–Crippen MR) is 63.2 cm³/mol. The van der Waals surface area contributed by atoms with Crippen LogP contribution >= 0.6 is 0 Å². The molecule has 2 rings (SSSR count). The lowest BCUT2D eigenvalue weighted by molar-refractivity contribution is -0.143. The van der Waals surface area contributed by atoms with Crippen LogP contribution in [0.15, 0.2) is 24.3 Å². The quantitative estimate of drug-likeness (QED) is 0.871. The van der Waals surface area contributed by atoms with Crippen LogP contribution in [0.3, 0.4) is 0 Å². The van der Waals surface area contributed by atoms with Crippen LogP contribution in [0.4, 0.5) is 4.39 Å². The predicted octanol–water partition coefficient (Wildman–Crippen LogP) is 3.26. The Hall–Kier alpha value is -1.38. The van der Waals surface area contributed by atoms with Crippen LogP contribution in [0.1, 0.15) is 31.2 Å². The molecule has 0 amide bonds. The van der Waals surface area contributed by atoms with Crippen molar-refractivity contribution in [1.82, 2.24) is 0 Å². The van der Waals surface area contributed by atoms with Crippen molar-refractivity contribution in [2.24, 2.45) is 11.8 Å². The summed E-state index contributed by atoms with van der Waals surface area (Å²) in [6.45, 7) is 0. The molecule has 1 aromatic carbocycles. The molecular weight excluding hydrogens is 219 g/mol. The van der Waals surface area contributed by atoms with Gasteiger partial charge in [0.05, 0.1) is 5.92 Å². The van der Waals surface area contributed by atoms with Gasteiger partial charge >= 0.3 is 5.97 Å². The molecule has 92 valence electrons. The molecule has 3 heteroatoms. The summed E-state index contributed by atoms with van der Waals surface area (Å²) in [6, 6.07) is 6.26. The number of hydrogen-bond acceptors (Lipinski definition) is 1. The summed E-state index contributed by atoms with van der Waals surface area (Å²) in [7, 11) is 0. The Morgan fingerprint density at radius 3 is 2.71 bits per heavy atom. The van der Waals surface area contributed by atoms with Crippen LogP contribution in [-0.2, 0) is 11.2 Å². The Morgan fingerprint density at radius 1 is 1.41 bits per heavy atom. The van der Waals surface area contributed by atoms with Crippen molar-refractivity contribution < 1.29 is 14.3 Å². The fraction of sp³-hybridized carbons (Fsp3) is 0.500. The fourth-order valence-electron chi connectivity index (χ4n) is 2.73. The molecule has 1 saturated carbocycles. The molecule has 0 saturated heterocycles. The van der Waals surface area contributed by atoms with Crippen molar-refractivity contribution >= 4 is 5.97 Å². The van der Waals surface area contributed by atoms with E-state index in [1.807, 2.05) is 0 Å². The Morgan fingerprint density at radius 2 is 2.12 bits per heavy atom. The summed E-state index contributed by atoms with van der Waals surface area (Å²) in [4.78, 5) is 11.3. The van der Waals surface area contributed by atoms with Gasteiger partial charge in [-0.2, -0.15) is 0 Å². The molecule has 1 atom stereocenters. The number of benzene rings is 1. The topological polar surface area (TPSA) is 37.3 Å². The van der Waals surface area contributed by atoms with Crippen LogP contribution in [0.25, 0.3) is 0 Å². The van der Waals surface area contributed by atoms with E-state index in [4.69, 9.17) is 0 Å². The van der Waals surface area contributed by atoms with Gasteiger partial charge in [0, 0.05) is 0 Å². The van der Waals surface area contributed by atoms with E-state index in [2.05, 4.69) is 0 Å². The largest absolute Gasteiger partial charge is 0.481 e. The lowest BCUT2D eigenvalue weighted by Gasteiger charge is -2.19. The normalized spacial score (nSPS) is 18.2. The highest BCUT2D eigenvalue weighted by molar-refractivity contribution is 5.70. The van der Waals surface area contributed by atoms with Crippen LogP contribution in [-0.4, -0.2) is 11.1 Å². The summed E-state index contributed by atoms with van der Waals surface area (Å²) in [6.07, 6.45) is 4.67. The lowest BCUT2D eigenvalue weighted by Crippen LogP contribution is -2.24. The van der Waals surface area contributed by atoms with Gasteiger partial charge in [-0.1, -0.05) is 25.0 Å². The average Bonchev–Trinajstić information content (AvgIpc) is 2.78. The smallest absolute Gasteiger partial charge is 0.307 e. The second-order valence-corrected chi connectivity index (χ2v) is 4.82. The SMILES string of the molecule is O=C(O)C(Cc1cccc(F)c1)C1CCCC1. The van der Waals surface area contributed by atoms with Crippen LogP contribution in [0.5, 0.6) is 0 Å². The maximum absolute atomic E-state index is 13.0. The minimum absolute atomic E-state index is 0.260. The van der Waals surface area contributed by atoms with Crippen molar-refractivity contribution in [3.05, 3.63) is 35.6 Å². The molecule has 2 nitrogen and oxygen atoms in total. The molecule has 1 N–H and O–H groups in total. The summed E-state index contributed by atoms with van der Waals surface area (Å²) >= 11 is 0.